The average molecular weight is 508 g/mol. The summed E-state index contributed by atoms with van der Waals surface area (Å²) in [6.07, 6.45) is 8.38. The number of benzene rings is 2. The van der Waals surface area contributed by atoms with Gasteiger partial charge in [-0.25, -0.2) is 0 Å². The Morgan fingerprint density at radius 2 is 1.05 bits per heavy atom. The van der Waals surface area contributed by atoms with Crippen molar-refractivity contribution in [1.29, 1.82) is 10.8 Å². The minimum absolute atomic E-state index is 0.132. The summed E-state index contributed by atoms with van der Waals surface area (Å²) in [6.45, 7) is 2.90. The molecule has 3 aromatic rings. The Hall–Kier alpha value is -4.40. The summed E-state index contributed by atoms with van der Waals surface area (Å²) < 4.78 is 2.30. The number of hydrogen-bond donors (Lipinski definition) is 4. The Morgan fingerprint density at radius 3 is 1.37 bits per heavy atom. The zero-order valence-corrected chi connectivity index (χ0v) is 21.4. The van der Waals surface area contributed by atoms with Crippen LogP contribution in [0.3, 0.4) is 0 Å². The van der Waals surface area contributed by atoms with E-state index in [-0.39, 0.29) is 11.9 Å². The van der Waals surface area contributed by atoms with E-state index in [1.54, 1.807) is 0 Å². The highest BCUT2D eigenvalue weighted by Gasteiger charge is 2.30. The van der Waals surface area contributed by atoms with Gasteiger partial charge in [-0.2, -0.15) is 0 Å². The molecule has 0 bridgehead atoms. The summed E-state index contributed by atoms with van der Waals surface area (Å²) in [5.74, 6) is 2.09. The second-order valence-corrected chi connectivity index (χ2v) is 10.2. The number of rotatable bonds is 5. The Labute approximate surface area is 222 Å². The molecule has 9 heteroatoms. The van der Waals surface area contributed by atoms with E-state index < -0.39 is 0 Å². The van der Waals surface area contributed by atoms with Crippen molar-refractivity contribution in [3.8, 4) is 22.8 Å². The fraction of sp³-hybridized carbons (Fsp3) is 0.310. The van der Waals surface area contributed by atoms with Gasteiger partial charge in [-0.15, -0.1) is 10.2 Å². The highest BCUT2D eigenvalue weighted by Crippen LogP contribution is 2.41. The third kappa shape index (κ3) is 4.67. The topological polar surface area (TPSA) is 137 Å². The van der Waals surface area contributed by atoms with E-state index in [2.05, 4.69) is 75.4 Å². The van der Waals surface area contributed by atoms with Crippen LogP contribution in [0.25, 0.3) is 33.9 Å². The fourth-order valence-corrected chi connectivity index (χ4v) is 5.33. The van der Waals surface area contributed by atoms with Crippen LogP contribution in [0.2, 0.25) is 0 Å². The van der Waals surface area contributed by atoms with Crippen LogP contribution in [0.4, 0.5) is 0 Å². The third-order valence-corrected chi connectivity index (χ3v) is 7.74. The number of aromatic nitrogens is 3. The molecular formula is C29H33N9. The van der Waals surface area contributed by atoms with Gasteiger partial charge in [-0.05, 0) is 48.0 Å². The van der Waals surface area contributed by atoms with Crippen LogP contribution in [-0.2, 0) is 0 Å². The molecule has 1 aromatic heterocycles. The predicted octanol–water partition coefficient (Wildman–Crippen LogP) is 3.91. The lowest BCUT2D eigenvalue weighted by Crippen LogP contribution is -2.39. The van der Waals surface area contributed by atoms with Crippen LogP contribution < -0.4 is 11.5 Å². The first kappa shape index (κ1) is 24.0. The van der Waals surface area contributed by atoms with Gasteiger partial charge in [0.2, 0.25) is 0 Å². The van der Waals surface area contributed by atoms with Crippen molar-refractivity contribution in [3.05, 3.63) is 71.8 Å². The van der Waals surface area contributed by atoms with E-state index in [1.807, 2.05) is 9.80 Å². The van der Waals surface area contributed by atoms with E-state index in [0.29, 0.717) is 19.1 Å². The third-order valence-electron chi connectivity index (χ3n) is 7.74. The summed E-state index contributed by atoms with van der Waals surface area (Å²) in [4.78, 5) is 3.75. The summed E-state index contributed by atoms with van der Waals surface area (Å²) in [6, 6.07) is 17.7. The maximum atomic E-state index is 7.63. The van der Waals surface area contributed by atoms with Crippen LogP contribution in [0.1, 0.15) is 42.9 Å². The summed E-state index contributed by atoms with van der Waals surface area (Å²) in [5, 5.41) is 24.5. The molecule has 0 atom stereocenters. The quantitative estimate of drug-likeness (QED) is 0.305. The number of nitrogens with zero attached hydrogens (tertiary/aromatic N) is 5. The Balaban J connectivity index is 1.23. The monoisotopic (exact) mass is 507 g/mol. The maximum absolute atomic E-state index is 7.63. The second kappa shape index (κ2) is 9.81. The molecule has 0 saturated heterocycles. The molecule has 194 valence electrons. The molecule has 1 saturated carbocycles. The van der Waals surface area contributed by atoms with Crippen molar-refractivity contribution in [2.24, 2.45) is 11.5 Å². The van der Waals surface area contributed by atoms with Crippen LogP contribution in [0.15, 0.2) is 60.7 Å². The van der Waals surface area contributed by atoms with Crippen LogP contribution in [0, 0.1) is 10.8 Å². The standard InChI is InChI=1S/C29H33N9/c30-28(31)36-15-11-21(12-16-36)19-1-5-23(6-2-19)26-34-35-27(38(26)25-9-10-25)24-7-3-20(4-8-24)22-13-17-37(18-14-22)29(32)33/h1-8,11,13,25H,9-10,12,14-18H2,(H3,30,31)(H3,32,33). The van der Waals surface area contributed by atoms with Gasteiger partial charge in [0.1, 0.15) is 0 Å². The van der Waals surface area contributed by atoms with Crippen molar-refractivity contribution in [2.45, 2.75) is 31.7 Å². The zero-order valence-electron chi connectivity index (χ0n) is 21.4. The first-order valence-electron chi connectivity index (χ1n) is 13.2. The van der Waals surface area contributed by atoms with E-state index in [0.717, 1.165) is 61.5 Å². The molecule has 38 heavy (non-hydrogen) atoms. The summed E-state index contributed by atoms with van der Waals surface area (Å²) in [5.41, 5.74) is 18.4. The van der Waals surface area contributed by atoms with Crippen LogP contribution in [-0.4, -0.2) is 62.7 Å². The average Bonchev–Trinajstić information content (AvgIpc) is 3.71. The lowest BCUT2D eigenvalue weighted by Gasteiger charge is -2.26. The van der Waals surface area contributed by atoms with Gasteiger partial charge in [-0.1, -0.05) is 60.7 Å². The van der Waals surface area contributed by atoms with Gasteiger partial charge in [-0.3, -0.25) is 10.8 Å². The molecule has 9 nitrogen and oxygen atoms in total. The fourth-order valence-electron chi connectivity index (χ4n) is 5.33. The van der Waals surface area contributed by atoms with Crippen LogP contribution in [0.5, 0.6) is 0 Å². The van der Waals surface area contributed by atoms with Crippen molar-refractivity contribution in [2.75, 3.05) is 26.2 Å². The molecule has 0 amide bonds. The number of guanidine groups is 2. The zero-order chi connectivity index (χ0) is 26.2. The Bertz CT molecular complexity index is 1320. The normalized spacial score (nSPS) is 17.7. The van der Waals surface area contributed by atoms with Crippen molar-refractivity contribution in [3.63, 3.8) is 0 Å². The largest absolute Gasteiger partial charge is 0.370 e. The molecule has 3 aliphatic rings. The Kier molecular flexibility index (Phi) is 6.19. The van der Waals surface area contributed by atoms with Gasteiger partial charge >= 0.3 is 0 Å². The Morgan fingerprint density at radius 1 is 0.658 bits per heavy atom. The van der Waals surface area contributed by atoms with Crippen molar-refractivity contribution >= 4 is 23.1 Å². The predicted molar refractivity (Wildman–Crippen MR) is 151 cm³/mol. The molecule has 6 rings (SSSR count). The molecule has 3 heterocycles. The van der Waals surface area contributed by atoms with E-state index in [4.69, 9.17) is 22.3 Å². The number of hydrogen-bond acceptors (Lipinski definition) is 4. The SMILES string of the molecule is N=C(N)N1CC=C(c2ccc(-c3nnc(-c4ccc(C5=CCN(C(=N)N)CC5)cc4)n3C3CC3)cc2)CC1. The van der Waals surface area contributed by atoms with Crippen molar-refractivity contribution in [1.82, 2.24) is 24.6 Å². The summed E-state index contributed by atoms with van der Waals surface area (Å²) in [7, 11) is 0. The maximum Gasteiger partial charge on any atom is 0.188 e. The van der Waals surface area contributed by atoms with Gasteiger partial charge in [0.05, 0.1) is 0 Å². The van der Waals surface area contributed by atoms with E-state index in [9.17, 15) is 0 Å². The molecule has 1 aliphatic carbocycles. The highest BCUT2D eigenvalue weighted by atomic mass is 15.3. The first-order valence-corrected chi connectivity index (χ1v) is 13.2. The lowest BCUT2D eigenvalue weighted by molar-refractivity contribution is 0.451. The highest BCUT2D eigenvalue weighted by molar-refractivity contribution is 5.78. The molecule has 0 spiro atoms. The van der Waals surface area contributed by atoms with Crippen LogP contribution >= 0.6 is 0 Å². The van der Waals surface area contributed by atoms with Gasteiger partial charge < -0.3 is 25.8 Å². The van der Waals surface area contributed by atoms with E-state index >= 15 is 0 Å². The molecular weight excluding hydrogens is 474 g/mol. The lowest BCUT2D eigenvalue weighted by atomic mass is 9.98. The summed E-state index contributed by atoms with van der Waals surface area (Å²) >= 11 is 0. The first-order chi connectivity index (χ1) is 18.5. The molecule has 6 N–H and O–H groups in total. The second-order valence-electron chi connectivity index (χ2n) is 10.2. The van der Waals surface area contributed by atoms with Gasteiger partial charge in [0.25, 0.3) is 0 Å². The minimum atomic E-state index is 0.132. The van der Waals surface area contributed by atoms with Gasteiger partial charge in [0.15, 0.2) is 23.6 Å². The number of nitrogens with one attached hydrogen (secondary N) is 2. The molecule has 0 unspecified atom stereocenters. The molecule has 2 aromatic carbocycles. The van der Waals surface area contributed by atoms with Crippen molar-refractivity contribution < 1.29 is 0 Å². The molecule has 1 fully saturated rings. The van der Waals surface area contributed by atoms with E-state index in [1.165, 1.54) is 22.3 Å². The number of nitrogens with two attached hydrogens (primary N) is 2. The smallest absolute Gasteiger partial charge is 0.188 e. The van der Waals surface area contributed by atoms with Gasteiger partial charge in [0, 0.05) is 43.3 Å². The minimum Gasteiger partial charge on any atom is -0.370 e. The molecule has 2 aliphatic heterocycles. The molecule has 0 radical (unpaired) electrons.